The van der Waals surface area contributed by atoms with Crippen LogP contribution in [0.4, 0.5) is 5.69 Å². The smallest absolute Gasteiger partial charge is 0.265 e. The fourth-order valence-electron chi connectivity index (χ4n) is 2.06. The molecular weight excluding hydrogens is 338 g/mol. The Morgan fingerprint density at radius 1 is 1.40 bits per heavy atom. The molecule has 1 N–H and O–H groups in total. The zero-order valence-corrected chi connectivity index (χ0v) is 13.4. The van der Waals surface area contributed by atoms with Gasteiger partial charge in [0, 0.05) is 16.9 Å². The molecule has 0 aliphatic rings. The highest BCUT2D eigenvalue weighted by molar-refractivity contribution is 9.10. The Bertz CT molecular complexity index is 771. The second-order valence-corrected chi connectivity index (χ2v) is 6.36. The first-order valence-corrected chi connectivity index (χ1v) is 7.66. The van der Waals surface area contributed by atoms with Gasteiger partial charge in [-0.3, -0.25) is 9.48 Å². The van der Waals surface area contributed by atoms with Gasteiger partial charge in [0.1, 0.15) is 4.83 Å². The number of aromatic nitrogens is 2. The van der Waals surface area contributed by atoms with Gasteiger partial charge in [-0.15, -0.1) is 11.3 Å². The van der Waals surface area contributed by atoms with E-state index in [-0.39, 0.29) is 5.91 Å². The number of carbonyl (C=O) groups is 1. The Morgan fingerprint density at radius 3 is 2.85 bits per heavy atom. The standard InChI is InChI=1S/C14H12BrN3OS/c1-8-9-7-12(20-14(9)18(2)17-8)13(19)16-11-6-4-3-5-10(11)15/h3-7H,1-2H3,(H,16,19). The van der Waals surface area contributed by atoms with Crippen molar-refractivity contribution >= 4 is 49.1 Å². The van der Waals surface area contributed by atoms with E-state index in [9.17, 15) is 4.79 Å². The first-order valence-electron chi connectivity index (χ1n) is 6.05. The molecule has 0 saturated heterocycles. The Hall–Kier alpha value is -1.66. The van der Waals surface area contributed by atoms with Crippen LogP contribution in [0.15, 0.2) is 34.8 Å². The molecular formula is C14H12BrN3OS. The summed E-state index contributed by atoms with van der Waals surface area (Å²) >= 11 is 4.87. The summed E-state index contributed by atoms with van der Waals surface area (Å²) in [6.07, 6.45) is 0. The van der Waals surface area contributed by atoms with Crippen molar-refractivity contribution in [3.05, 3.63) is 45.4 Å². The van der Waals surface area contributed by atoms with Crippen LogP contribution in [-0.4, -0.2) is 15.7 Å². The third-order valence-electron chi connectivity index (χ3n) is 3.04. The van der Waals surface area contributed by atoms with Gasteiger partial charge >= 0.3 is 0 Å². The molecule has 20 heavy (non-hydrogen) atoms. The highest BCUT2D eigenvalue weighted by Gasteiger charge is 2.15. The molecule has 4 nitrogen and oxygen atoms in total. The number of para-hydroxylation sites is 1. The number of carbonyl (C=O) groups excluding carboxylic acids is 1. The zero-order valence-electron chi connectivity index (χ0n) is 11.0. The van der Waals surface area contributed by atoms with E-state index in [1.807, 2.05) is 49.0 Å². The average Bonchev–Trinajstić information content (AvgIpc) is 2.95. The molecule has 6 heteroatoms. The van der Waals surface area contributed by atoms with Crippen molar-refractivity contribution in [1.29, 1.82) is 0 Å². The average molecular weight is 350 g/mol. The quantitative estimate of drug-likeness (QED) is 0.761. The highest BCUT2D eigenvalue weighted by atomic mass is 79.9. The molecule has 0 aliphatic heterocycles. The van der Waals surface area contributed by atoms with Gasteiger partial charge in [-0.2, -0.15) is 5.10 Å². The number of halogens is 1. The van der Waals surface area contributed by atoms with E-state index < -0.39 is 0 Å². The number of benzene rings is 1. The van der Waals surface area contributed by atoms with Gasteiger partial charge in [-0.05, 0) is 41.1 Å². The predicted octanol–water partition coefficient (Wildman–Crippen LogP) is 3.96. The molecule has 1 aromatic carbocycles. The number of hydrogen-bond acceptors (Lipinski definition) is 3. The van der Waals surface area contributed by atoms with E-state index in [1.165, 1.54) is 11.3 Å². The van der Waals surface area contributed by atoms with Gasteiger partial charge < -0.3 is 5.32 Å². The summed E-state index contributed by atoms with van der Waals surface area (Å²) in [6.45, 7) is 1.95. The normalized spacial score (nSPS) is 10.9. The molecule has 0 radical (unpaired) electrons. The van der Waals surface area contributed by atoms with Gasteiger partial charge in [0.25, 0.3) is 5.91 Å². The Balaban J connectivity index is 1.93. The molecule has 1 amide bonds. The van der Waals surface area contributed by atoms with Crippen LogP contribution in [0.3, 0.4) is 0 Å². The topological polar surface area (TPSA) is 46.9 Å². The van der Waals surface area contributed by atoms with E-state index in [4.69, 9.17) is 0 Å². The third kappa shape index (κ3) is 2.25. The second kappa shape index (κ2) is 5.03. The van der Waals surface area contributed by atoms with Crippen LogP contribution in [-0.2, 0) is 7.05 Å². The SMILES string of the molecule is Cc1nn(C)c2sc(C(=O)Nc3ccccc3Br)cc12. The van der Waals surface area contributed by atoms with Gasteiger partial charge in [0.05, 0.1) is 16.3 Å². The van der Waals surface area contributed by atoms with Crippen LogP contribution in [0.25, 0.3) is 10.2 Å². The van der Waals surface area contributed by atoms with Gasteiger partial charge in [-0.25, -0.2) is 0 Å². The molecule has 3 rings (SSSR count). The molecule has 2 heterocycles. The maximum Gasteiger partial charge on any atom is 0.265 e. The lowest BCUT2D eigenvalue weighted by Crippen LogP contribution is -2.10. The molecule has 0 unspecified atom stereocenters. The van der Waals surface area contributed by atoms with Crippen molar-refractivity contribution in [3.8, 4) is 0 Å². The predicted molar refractivity (Wildman–Crippen MR) is 85.4 cm³/mol. The lowest BCUT2D eigenvalue weighted by molar-refractivity contribution is 0.103. The minimum atomic E-state index is -0.0995. The molecule has 0 spiro atoms. The van der Waals surface area contributed by atoms with Gasteiger partial charge in [-0.1, -0.05) is 12.1 Å². The fraction of sp³-hybridized carbons (Fsp3) is 0.143. The summed E-state index contributed by atoms with van der Waals surface area (Å²) in [5, 5.41) is 8.28. The number of aryl methyl sites for hydroxylation is 2. The number of hydrogen-bond donors (Lipinski definition) is 1. The van der Waals surface area contributed by atoms with E-state index in [0.717, 1.165) is 26.1 Å². The molecule has 102 valence electrons. The van der Waals surface area contributed by atoms with Crippen molar-refractivity contribution in [2.45, 2.75) is 6.92 Å². The number of rotatable bonds is 2. The summed E-state index contributed by atoms with van der Waals surface area (Å²) in [7, 11) is 1.89. The first-order chi connectivity index (χ1) is 9.56. The van der Waals surface area contributed by atoms with Gasteiger partial charge in [0.15, 0.2) is 0 Å². The van der Waals surface area contributed by atoms with Crippen LogP contribution in [0.1, 0.15) is 15.4 Å². The van der Waals surface area contributed by atoms with Crippen molar-refractivity contribution < 1.29 is 4.79 Å². The van der Waals surface area contributed by atoms with E-state index in [0.29, 0.717) is 4.88 Å². The number of amides is 1. The highest BCUT2D eigenvalue weighted by Crippen LogP contribution is 2.29. The number of thiophene rings is 1. The second-order valence-electron chi connectivity index (χ2n) is 4.47. The maximum absolute atomic E-state index is 12.3. The third-order valence-corrected chi connectivity index (χ3v) is 4.93. The van der Waals surface area contributed by atoms with Crippen molar-refractivity contribution in [3.63, 3.8) is 0 Å². The number of anilines is 1. The Kier molecular flexibility index (Phi) is 3.35. The lowest BCUT2D eigenvalue weighted by Gasteiger charge is -2.05. The number of fused-ring (bicyclic) bond motifs is 1. The molecule has 0 aliphatic carbocycles. The molecule has 2 aromatic heterocycles. The monoisotopic (exact) mass is 349 g/mol. The Morgan fingerprint density at radius 2 is 2.15 bits per heavy atom. The summed E-state index contributed by atoms with van der Waals surface area (Å²) in [4.78, 5) is 14.0. The van der Waals surface area contributed by atoms with Crippen LogP contribution in [0.5, 0.6) is 0 Å². The summed E-state index contributed by atoms with van der Waals surface area (Å²) in [5.74, 6) is -0.0995. The zero-order chi connectivity index (χ0) is 14.3. The minimum absolute atomic E-state index is 0.0995. The summed E-state index contributed by atoms with van der Waals surface area (Å²) in [5.41, 5.74) is 1.71. The molecule has 0 bridgehead atoms. The van der Waals surface area contributed by atoms with Crippen molar-refractivity contribution in [2.75, 3.05) is 5.32 Å². The van der Waals surface area contributed by atoms with Crippen LogP contribution in [0.2, 0.25) is 0 Å². The van der Waals surface area contributed by atoms with Crippen molar-refractivity contribution in [1.82, 2.24) is 9.78 Å². The van der Waals surface area contributed by atoms with Crippen molar-refractivity contribution in [2.24, 2.45) is 7.05 Å². The van der Waals surface area contributed by atoms with E-state index >= 15 is 0 Å². The minimum Gasteiger partial charge on any atom is -0.320 e. The summed E-state index contributed by atoms with van der Waals surface area (Å²) in [6, 6.07) is 9.46. The molecule has 0 saturated carbocycles. The molecule has 3 aromatic rings. The molecule has 0 fully saturated rings. The fourth-order valence-corrected chi connectivity index (χ4v) is 3.47. The Labute approximate surface area is 128 Å². The van der Waals surface area contributed by atoms with Crippen LogP contribution >= 0.6 is 27.3 Å². The number of nitrogens with zero attached hydrogens (tertiary/aromatic N) is 2. The van der Waals surface area contributed by atoms with Crippen LogP contribution < -0.4 is 5.32 Å². The lowest BCUT2D eigenvalue weighted by atomic mass is 10.3. The van der Waals surface area contributed by atoms with E-state index in [2.05, 4.69) is 26.3 Å². The summed E-state index contributed by atoms with van der Waals surface area (Å²) < 4.78 is 2.68. The maximum atomic E-state index is 12.3. The number of nitrogens with one attached hydrogen (secondary N) is 1. The first kappa shape index (κ1) is 13.3. The largest absolute Gasteiger partial charge is 0.320 e. The van der Waals surface area contributed by atoms with Gasteiger partial charge in [0.2, 0.25) is 0 Å². The molecule has 0 atom stereocenters. The van der Waals surface area contributed by atoms with Crippen LogP contribution in [0, 0.1) is 6.92 Å². The van der Waals surface area contributed by atoms with E-state index in [1.54, 1.807) is 0 Å².